The molecule has 4 saturated heterocycles. The number of hydrogen-bond acceptors (Lipinski definition) is 7. The summed E-state index contributed by atoms with van der Waals surface area (Å²) in [5.74, 6) is 0.243. The summed E-state index contributed by atoms with van der Waals surface area (Å²) < 4.78 is 0. The fourth-order valence-electron chi connectivity index (χ4n) is 5.29. The third-order valence-electron chi connectivity index (χ3n) is 6.34. The van der Waals surface area contributed by atoms with Gasteiger partial charge in [-0.1, -0.05) is 37.3 Å². The van der Waals surface area contributed by atoms with E-state index in [1.54, 1.807) is 0 Å². The Bertz CT molecular complexity index is 680. The van der Waals surface area contributed by atoms with Crippen molar-refractivity contribution in [1.82, 2.24) is 9.80 Å². The molecule has 142 valence electrons. The lowest BCUT2D eigenvalue weighted by atomic mass is 9.58. The Hall–Kier alpha value is -1.35. The number of aliphatic hydroxyl groups is 4. The molecule has 0 amide bonds. The third-order valence-corrected chi connectivity index (χ3v) is 6.34. The molecule has 1 aromatic rings. The fourth-order valence-corrected chi connectivity index (χ4v) is 5.29. The first-order valence-corrected chi connectivity index (χ1v) is 9.06. The molecule has 4 fully saturated rings. The van der Waals surface area contributed by atoms with Gasteiger partial charge in [0, 0.05) is 26.2 Å². The molecule has 4 bridgehead atoms. The predicted octanol–water partition coefficient (Wildman–Crippen LogP) is -1.45. The third kappa shape index (κ3) is 2.39. The lowest BCUT2D eigenvalue weighted by Gasteiger charge is -2.66. The van der Waals surface area contributed by atoms with Crippen LogP contribution >= 0.6 is 0 Å². The van der Waals surface area contributed by atoms with Crippen LogP contribution < -0.4 is 0 Å². The lowest BCUT2D eigenvalue weighted by molar-refractivity contribution is -0.216. The molecule has 0 aliphatic carbocycles. The number of carbonyl (C=O) groups excluding carboxylic acids is 1. The van der Waals surface area contributed by atoms with Crippen molar-refractivity contribution < 1.29 is 25.2 Å². The van der Waals surface area contributed by atoms with E-state index in [1.165, 1.54) is 0 Å². The van der Waals surface area contributed by atoms with Crippen LogP contribution in [0.15, 0.2) is 30.3 Å². The summed E-state index contributed by atoms with van der Waals surface area (Å²) in [6.45, 7) is 3.33. The summed E-state index contributed by atoms with van der Waals surface area (Å²) in [4.78, 5) is 17.4. The number of hydrogen-bond donors (Lipinski definition) is 4. The van der Waals surface area contributed by atoms with Gasteiger partial charge in [-0.05, 0) is 5.56 Å². The monoisotopic (exact) mass is 362 g/mol. The number of aliphatic hydroxyl groups excluding tert-OH is 4. The Morgan fingerprint density at radius 3 is 2.19 bits per heavy atom. The number of rotatable bonds is 5. The Balaban J connectivity index is 1.69. The van der Waals surface area contributed by atoms with E-state index in [-0.39, 0.29) is 5.78 Å². The van der Waals surface area contributed by atoms with Crippen molar-refractivity contribution >= 4 is 5.78 Å². The van der Waals surface area contributed by atoms with Gasteiger partial charge in [0.1, 0.15) is 18.3 Å². The van der Waals surface area contributed by atoms with Gasteiger partial charge in [0.25, 0.3) is 0 Å². The summed E-state index contributed by atoms with van der Waals surface area (Å²) in [5.41, 5.74) is -0.179. The first-order chi connectivity index (χ1) is 12.3. The van der Waals surface area contributed by atoms with Crippen LogP contribution in [-0.4, -0.2) is 93.3 Å². The SMILES string of the molecule is CC12CN3CC(c4ccccc4)(CN(C1)C3[C@H](O)[C@H](O)[C@H](O)CO)C2=O. The zero-order chi connectivity index (χ0) is 18.7. The molecule has 0 aromatic heterocycles. The molecular weight excluding hydrogens is 336 g/mol. The van der Waals surface area contributed by atoms with Crippen LogP contribution in [0.2, 0.25) is 0 Å². The van der Waals surface area contributed by atoms with Gasteiger partial charge in [-0.25, -0.2) is 0 Å². The molecule has 0 spiro atoms. The molecule has 4 heterocycles. The second-order valence-corrected chi connectivity index (χ2v) is 8.29. The van der Waals surface area contributed by atoms with Gasteiger partial charge < -0.3 is 20.4 Å². The van der Waals surface area contributed by atoms with Gasteiger partial charge in [-0.3, -0.25) is 14.6 Å². The topological polar surface area (TPSA) is 104 Å². The second kappa shape index (κ2) is 6.09. The Kier molecular flexibility index (Phi) is 4.22. The molecule has 5 rings (SSSR count). The van der Waals surface area contributed by atoms with E-state index in [0.29, 0.717) is 26.2 Å². The summed E-state index contributed by atoms with van der Waals surface area (Å²) >= 11 is 0. The standard InChI is InChI=1S/C19H26N2O5/c1-18-8-20-10-19(17(18)26,12-5-3-2-4-6-12)11-21(9-18)16(20)15(25)14(24)13(23)7-22/h2-6,13-16,22-25H,7-11H2,1H3/t13-,14-,15-,16?,18?,19?/m1/s1. The number of piperidine rings is 2. The van der Waals surface area contributed by atoms with Crippen molar-refractivity contribution in [2.24, 2.45) is 5.41 Å². The van der Waals surface area contributed by atoms with Gasteiger partial charge in [-0.2, -0.15) is 0 Å². The van der Waals surface area contributed by atoms with E-state index in [1.807, 2.05) is 47.1 Å². The molecule has 7 heteroatoms. The smallest absolute Gasteiger partial charge is 0.154 e. The highest BCUT2D eigenvalue weighted by Crippen LogP contribution is 2.50. The maximum Gasteiger partial charge on any atom is 0.154 e. The van der Waals surface area contributed by atoms with Crippen molar-refractivity contribution in [3.63, 3.8) is 0 Å². The van der Waals surface area contributed by atoms with Gasteiger partial charge in [0.15, 0.2) is 5.78 Å². The number of benzene rings is 1. The van der Waals surface area contributed by atoms with Crippen molar-refractivity contribution in [3.8, 4) is 0 Å². The molecule has 0 radical (unpaired) electrons. The second-order valence-electron chi connectivity index (χ2n) is 8.29. The van der Waals surface area contributed by atoms with Gasteiger partial charge in [0.2, 0.25) is 0 Å². The zero-order valence-corrected chi connectivity index (χ0v) is 14.8. The van der Waals surface area contributed by atoms with Crippen LogP contribution in [-0.2, 0) is 10.2 Å². The van der Waals surface area contributed by atoms with Gasteiger partial charge in [-0.15, -0.1) is 0 Å². The van der Waals surface area contributed by atoms with Crippen LogP contribution in [0.5, 0.6) is 0 Å². The van der Waals surface area contributed by atoms with E-state index in [4.69, 9.17) is 5.11 Å². The van der Waals surface area contributed by atoms with Crippen molar-refractivity contribution in [2.45, 2.75) is 36.8 Å². The Morgan fingerprint density at radius 1 is 1.08 bits per heavy atom. The zero-order valence-electron chi connectivity index (χ0n) is 14.8. The van der Waals surface area contributed by atoms with Crippen LogP contribution in [0.3, 0.4) is 0 Å². The lowest BCUT2D eigenvalue weighted by Crippen LogP contribution is -2.82. The highest BCUT2D eigenvalue weighted by Gasteiger charge is 2.65. The molecule has 4 N–H and O–H groups in total. The van der Waals surface area contributed by atoms with E-state index >= 15 is 0 Å². The first kappa shape index (κ1) is 18.0. The number of nitrogens with zero attached hydrogens (tertiary/aromatic N) is 2. The number of Topliss-reactive ketones (excluding diaryl/α,β-unsaturated/α-hetero) is 1. The number of carbonyl (C=O) groups is 1. The summed E-state index contributed by atoms with van der Waals surface area (Å²) in [7, 11) is 0. The predicted molar refractivity (Wildman–Crippen MR) is 93.3 cm³/mol. The molecule has 2 unspecified atom stereocenters. The average Bonchev–Trinajstić information content (AvgIpc) is 2.64. The quantitative estimate of drug-likeness (QED) is 0.508. The summed E-state index contributed by atoms with van der Waals surface area (Å²) in [6.07, 6.45) is -4.56. The van der Waals surface area contributed by atoms with E-state index < -0.39 is 41.9 Å². The highest BCUT2D eigenvalue weighted by molar-refractivity contribution is 5.97. The molecule has 7 nitrogen and oxygen atoms in total. The van der Waals surface area contributed by atoms with Crippen molar-refractivity contribution in [1.29, 1.82) is 0 Å². The molecule has 5 atom stereocenters. The van der Waals surface area contributed by atoms with E-state index in [0.717, 1.165) is 5.56 Å². The maximum atomic E-state index is 13.3. The van der Waals surface area contributed by atoms with Crippen LogP contribution in [0, 0.1) is 5.41 Å². The van der Waals surface area contributed by atoms with E-state index in [9.17, 15) is 20.1 Å². The van der Waals surface area contributed by atoms with Crippen LogP contribution in [0.1, 0.15) is 12.5 Å². The van der Waals surface area contributed by atoms with Crippen LogP contribution in [0.4, 0.5) is 0 Å². The molecule has 0 saturated carbocycles. The van der Waals surface area contributed by atoms with Crippen molar-refractivity contribution in [3.05, 3.63) is 35.9 Å². The normalized spacial score (nSPS) is 41.9. The maximum absolute atomic E-state index is 13.3. The van der Waals surface area contributed by atoms with E-state index in [2.05, 4.69) is 0 Å². The molecular formula is C19H26N2O5. The molecule has 4 aliphatic heterocycles. The number of ketones is 1. The minimum atomic E-state index is -1.45. The Morgan fingerprint density at radius 2 is 1.65 bits per heavy atom. The summed E-state index contributed by atoms with van der Waals surface area (Å²) in [5, 5.41) is 39.7. The molecule has 26 heavy (non-hydrogen) atoms. The first-order valence-electron chi connectivity index (χ1n) is 9.06. The van der Waals surface area contributed by atoms with Crippen molar-refractivity contribution in [2.75, 3.05) is 32.8 Å². The minimum Gasteiger partial charge on any atom is -0.394 e. The van der Waals surface area contributed by atoms with Crippen LogP contribution in [0.25, 0.3) is 0 Å². The van der Waals surface area contributed by atoms with Gasteiger partial charge in [0.05, 0.1) is 23.6 Å². The fraction of sp³-hybridized carbons (Fsp3) is 0.632. The highest BCUT2D eigenvalue weighted by atomic mass is 16.4. The minimum absolute atomic E-state index is 0.243. The van der Waals surface area contributed by atoms with Gasteiger partial charge >= 0.3 is 0 Å². The largest absolute Gasteiger partial charge is 0.394 e. The average molecular weight is 362 g/mol. The summed E-state index contributed by atoms with van der Waals surface area (Å²) in [6, 6.07) is 9.75. The Labute approximate surface area is 152 Å². The molecule has 4 aliphatic rings. The molecule has 1 aromatic carbocycles.